The van der Waals surface area contributed by atoms with Crippen molar-refractivity contribution in [1.29, 1.82) is 0 Å². The number of likely N-dealkylation sites (N-methyl/N-ethyl adjacent to an activating group) is 1. The number of nitrogens with one attached hydrogen (secondary N) is 1. The van der Waals surface area contributed by atoms with Crippen molar-refractivity contribution < 1.29 is 4.79 Å². The van der Waals surface area contributed by atoms with E-state index in [1.54, 1.807) is 0 Å². The van der Waals surface area contributed by atoms with Crippen molar-refractivity contribution in [2.45, 2.75) is 63.2 Å². The number of rotatable bonds is 6. The lowest BCUT2D eigenvalue weighted by Gasteiger charge is -2.26. The van der Waals surface area contributed by atoms with E-state index in [1.165, 1.54) is 12.8 Å². The number of hydrogen-bond acceptors (Lipinski definition) is 3. The van der Waals surface area contributed by atoms with Gasteiger partial charge in [0.05, 0.1) is 11.7 Å². The highest BCUT2D eigenvalue weighted by Crippen LogP contribution is 2.42. The zero-order valence-electron chi connectivity index (χ0n) is 11.6. The monoisotopic (exact) mass is 251 g/mol. The molecular weight excluding hydrogens is 226 g/mol. The molecule has 0 aromatic carbocycles. The van der Waals surface area contributed by atoms with Gasteiger partial charge in [0.25, 0.3) is 0 Å². The zero-order chi connectivity index (χ0) is 12.8. The van der Waals surface area contributed by atoms with Crippen LogP contribution >= 0.6 is 0 Å². The van der Waals surface area contributed by atoms with Crippen LogP contribution in [0.25, 0.3) is 0 Å². The minimum absolute atomic E-state index is 0.141. The molecule has 0 aromatic rings. The van der Waals surface area contributed by atoms with Crippen LogP contribution in [0.2, 0.25) is 0 Å². The molecule has 4 heteroatoms. The first-order valence-corrected chi connectivity index (χ1v) is 7.45. The van der Waals surface area contributed by atoms with Crippen molar-refractivity contribution >= 4 is 5.91 Å². The standard InChI is InChI=1S/C14H25N3O/c1-3-4-12-15-14(7-8-14)13(18)17(12)10-9-16(2)11-5-6-11/h11-12,15H,3-10H2,1-2H3. The van der Waals surface area contributed by atoms with Gasteiger partial charge in [-0.2, -0.15) is 0 Å². The topological polar surface area (TPSA) is 35.6 Å². The fourth-order valence-electron chi connectivity index (χ4n) is 3.08. The molecule has 0 radical (unpaired) electrons. The van der Waals surface area contributed by atoms with Gasteiger partial charge in [0.2, 0.25) is 5.91 Å². The summed E-state index contributed by atoms with van der Waals surface area (Å²) in [6.07, 6.45) is 7.27. The number of hydrogen-bond donors (Lipinski definition) is 1. The summed E-state index contributed by atoms with van der Waals surface area (Å²) in [6.45, 7) is 4.11. The molecule has 3 fully saturated rings. The fourth-order valence-corrected chi connectivity index (χ4v) is 3.08. The van der Waals surface area contributed by atoms with Crippen molar-refractivity contribution in [2.75, 3.05) is 20.1 Å². The Bertz CT molecular complexity index is 336. The highest BCUT2D eigenvalue weighted by molar-refractivity contribution is 5.91. The zero-order valence-corrected chi connectivity index (χ0v) is 11.6. The summed E-state index contributed by atoms with van der Waals surface area (Å²) in [7, 11) is 2.19. The molecule has 0 aromatic heterocycles. The molecular formula is C14H25N3O. The van der Waals surface area contributed by atoms with Crippen molar-refractivity contribution in [1.82, 2.24) is 15.1 Å². The third kappa shape index (κ3) is 2.16. The van der Waals surface area contributed by atoms with E-state index in [0.29, 0.717) is 5.91 Å². The average Bonchev–Trinajstić information content (AvgIpc) is 3.22. The van der Waals surface area contributed by atoms with Gasteiger partial charge in [-0.3, -0.25) is 10.1 Å². The van der Waals surface area contributed by atoms with E-state index >= 15 is 0 Å². The second kappa shape index (κ2) is 4.49. The smallest absolute Gasteiger partial charge is 0.244 e. The van der Waals surface area contributed by atoms with E-state index in [0.717, 1.165) is 44.8 Å². The third-order valence-electron chi connectivity index (χ3n) is 4.67. The molecule has 1 heterocycles. The summed E-state index contributed by atoms with van der Waals surface area (Å²) >= 11 is 0. The first-order chi connectivity index (χ1) is 8.66. The first kappa shape index (κ1) is 12.4. The molecule has 102 valence electrons. The van der Waals surface area contributed by atoms with E-state index in [4.69, 9.17) is 0 Å². The molecule has 1 saturated heterocycles. The van der Waals surface area contributed by atoms with Crippen molar-refractivity contribution in [3.8, 4) is 0 Å². The average molecular weight is 251 g/mol. The highest BCUT2D eigenvalue weighted by Gasteiger charge is 2.58. The maximum absolute atomic E-state index is 12.4. The van der Waals surface area contributed by atoms with Crippen molar-refractivity contribution in [2.24, 2.45) is 0 Å². The summed E-state index contributed by atoms with van der Waals surface area (Å²) in [5.74, 6) is 0.366. The number of carbonyl (C=O) groups excluding carboxylic acids is 1. The first-order valence-electron chi connectivity index (χ1n) is 7.45. The lowest BCUT2D eigenvalue weighted by Crippen LogP contribution is -2.42. The molecule has 1 aliphatic heterocycles. The molecule has 1 atom stereocenters. The molecule has 18 heavy (non-hydrogen) atoms. The molecule has 1 spiro atoms. The SMILES string of the molecule is CCCC1NC2(CC2)C(=O)N1CCN(C)C1CC1. The van der Waals surface area contributed by atoms with Crippen molar-refractivity contribution in [3.05, 3.63) is 0 Å². The number of amides is 1. The Balaban J connectivity index is 1.58. The lowest BCUT2D eigenvalue weighted by atomic mass is 10.2. The van der Waals surface area contributed by atoms with Crippen LogP contribution in [-0.2, 0) is 4.79 Å². The molecule has 4 nitrogen and oxygen atoms in total. The molecule has 2 saturated carbocycles. The van der Waals surface area contributed by atoms with Gasteiger partial charge in [0.15, 0.2) is 0 Å². The second-order valence-electron chi connectivity index (χ2n) is 6.24. The Labute approximate surface area is 110 Å². The molecule has 1 unspecified atom stereocenters. The van der Waals surface area contributed by atoms with Crippen LogP contribution in [0.4, 0.5) is 0 Å². The van der Waals surface area contributed by atoms with E-state index < -0.39 is 0 Å². The fraction of sp³-hybridized carbons (Fsp3) is 0.929. The van der Waals surface area contributed by atoms with Crippen LogP contribution in [0.3, 0.4) is 0 Å². The van der Waals surface area contributed by atoms with Crippen LogP contribution in [0.1, 0.15) is 45.4 Å². The Morgan fingerprint density at radius 3 is 2.72 bits per heavy atom. The summed E-state index contributed by atoms with van der Waals surface area (Å²) < 4.78 is 0. The van der Waals surface area contributed by atoms with E-state index in [9.17, 15) is 4.79 Å². The summed E-state index contributed by atoms with van der Waals surface area (Å²) in [5.41, 5.74) is -0.141. The quantitative estimate of drug-likeness (QED) is 0.770. The van der Waals surface area contributed by atoms with Gasteiger partial charge in [0.1, 0.15) is 0 Å². The molecule has 3 aliphatic rings. The van der Waals surface area contributed by atoms with Crippen molar-refractivity contribution in [3.63, 3.8) is 0 Å². The predicted octanol–water partition coefficient (Wildman–Crippen LogP) is 1.17. The maximum atomic E-state index is 12.4. The normalized spacial score (nSPS) is 29.6. The maximum Gasteiger partial charge on any atom is 0.244 e. The van der Waals surface area contributed by atoms with Crippen LogP contribution in [-0.4, -0.2) is 53.6 Å². The molecule has 1 amide bonds. The highest BCUT2D eigenvalue weighted by atomic mass is 16.2. The number of carbonyl (C=O) groups is 1. The summed E-state index contributed by atoms with van der Waals surface area (Å²) in [5, 5.41) is 3.57. The minimum Gasteiger partial charge on any atom is -0.324 e. The third-order valence-corrected chi connectivity index (χ3v) is 4.67. The second-order valence-corrected chi connectivity index (χ2v) is 6.24. The van der Waals surface area contributed by atoms with E-state index in [1.807, 2.05) is 0 Å². The van der Waals surface area contributed by atoms with E-state index in [2.05, 4.69) is 29.1 Å². The largest absolute Gasteiger partial charge is 0.324 e. The van der Waals surface area contributed by atoms with Gasteiger partial charge in [-0.15, -0.1) is 0 Å². The van der Waals surface area contributed by atoms with Crippen LogP contribution in [0.15, 0.2) is 0 Å². The molecule has 2 aliphatic carbocycles. The predicted molar refractivity (Wildman–Crippen MR) is 71.2 cm³/mol. The Morgan fingerprint density at radius 1 is 1.44 bits per heavy atom. The van der Waals surface area contributed by atoms with Crippen LogP contribution in [0, 0.1) is 0 Å². The Hall–Kier alpha value is -0.610. The van der Waals surface area contributed by atoms with Crippen LogP contribution in [0.5, 0.6) is 0 Å². The Kier molecular flexibility index (Phi) is 3.10. The summed E-state index contributed by atoms with van der Waals surface area (Å²) in [6, 6.07) is 0.787. The van der Waals surface area contributed by atoms with E-state index in [-0.39, 0.29) is 11.7 Å². The van der Waals surface area contributed by atoms with Crippen LogP contribution < -0.4 is 5.32 Å². The van der Waals surface area contributed by atoms with Gasteiger partial charge in [-0.25, -0.2) is 0 Å². The minimum atomic E-state index is -0.141. The van der Waals surface area contributed by atoms with Gasteiger partial charge in [-0.05, 0) is 39.2 Å². The van der Waals surface area contributed by atoms with Gasteiger partial charge < -0.3 is 9.80 Å². The molecule has 0 bridgehead atoms. The lowest BCUT2D eigenvalue weighted by molar-refractivity contribution is -0.131. The molecule has 1 N–H and O–H groups in total. The number of nitrogens with zero attached hydrogens (tertiary/aromatic N) is 2. The summed E-state index contributed by atoms with van der Waals surface area (Å²) in [4.78, 5) is 16.9. The van der Waals surface area contributed by atoms with Gasteiger partial charge in [0, 0.05) is 19.1 Å². The Morgan fingerprint density at radius 2 is 2.17 bits per heavy atom. The van der Waals surface area contributed by atoms with Gasteiger partial charge >= 0.3 is 0 Å². The molecule has 3 rings (SSSR count). The van der Waals surface area contributed by atoms with Gasteiger partial charge in [-0.1, -0.05) is 13.3 Å².